The fourth-order valence-corrected chi connectivity index (χ4v) is 4.54. The van der Waals surface area contributed by atoms with E-state index in [1.165, 1.54) is 83.5 Å². The Morgan fingerprint density at radius 2 is 0.455 bits per heavy atom. The van der Waals surface area contributed by atoms with Gasteiger partial charge in [-0.05, 0) is 6.42 Å². The average molecular weight is 702 g/mol. The molecule has 0 spiro atoms. The fourth-order valence-electron chi connectivity index (χ4n) is 4.31. The van der Waals surface area contributed by atoms with E-state index in [1.54, 1.807) is 0 Å². The molecule has 0 saturated heterocycles. The second-order valence-electron chi connectivity index (χ2n) is 10.8. The number of hydrogen-bond acceptors (Lipinski definition) is 9. The Morgan fingerprint density at radius 1 is 0.250 bits per heavy atom. The minimum Gasteiger partial charge on any atom is -0.379 e. The first-order valence-electron chi connectivity index (χ1n) is 17.7. The van der Waals surface area contributed by atoms with Crippen molar-refractivity contribution in [2.75, 3.05) is 124 Å². The fraction of sp³-hybridized carbons (Fsp3) is 1.00. The number of hydrogen-bond donors (Lipinski definition) is 0. The highest BCUT2D eigenvalue weighted by Gasteiger charge is 1.97. The molecule has 0 aromatic heterocycles. The van der Waals surface area contributed by atoms with Gasteiger partial charge in [0.15, 0.2) is 0 Å². The summed E-state index contributed by atoms with van der Waals surface area (Å²) in [5.74, 6) is 0. The van der Waals surface area contributed by atoms with E-state index in [0.717, 1.165) is 18.4 Å². The molecule has 9 nitrogen and oxygen atoms in total. The molecular weight excluding hydrogens is 632 g/mol. The van der Waals surface area contributed by atoms with Crippen molar-refractivity contribution in [2.24, 2.45) is 0 Å². The van der Waals surface area contributed by atoms with Crippen LogP contribution in [0.15, 0.2) is 0 Å². The van der Waals surface area contributed by atoms with E-state index >= 15 is 0 Å². The average Bonchev–Trinajstić information content (AvgIpc) is 3.04. The van der Waals surface area contributed by atoms with Crippen molar-refractivity contribution in [3.8, 4) is 0 Å². The molecule has 0 aliphatic rings. The molecule has 0 rings (SSSR count). The highest BCUT2D eigenvalue weighted by molar-refractivity contribution is 9.09. The van der Waals surface area contributed by atoms with Crippen LogP contribution >= 0.6 is 15.9 Å². The molecule has 44 heavy (non-hydrogen) atoms. The van der Waals surface area contributed by atoms with E-state index in [1.807, 2.05) is 0 Å². The van der Waals surface area contributed by atoms with Crippen LogP contribution in [0.5, 0.6) is 0 Å². The molecule has 0 fully saturated rings. The van der Waals surface area contributed by atoms with Crippen molar-refractivity contribution >= 4 is 15.9 Å². The number of unbranched alkanes of at least 4 members (excludes halogenated alkanes) is 13. The van der Waals surface area contributed by atoms with Crippen molar-refractivity contribution in [1.82, 2.24) is 0 Å². The summed E-state index contributed by atoms with van der Waals surface area (Å²) < 4.78 is 49.4. The van der Waals surface area contributed by atoms with E-state index in [2.05, 4.69) is 22.9 Å². The minimum atomic E-state index is 0.540. The number of rotatable bonds is 41. The van der Waals surface area contributed by atoms with Gasteiger partial charge in [-0.3, -0.25) is 0 Å². The first-order chi connectivity index (χ1) is 21.9. The van der Waals surface area contributed by atoms with Gasteiger partial charge in [0.25, 0.3) is 0 Å². The van der Waals surface area contributed by atoms with Crippen LogP contribution in [0.25, 0.3) is 0 Å². The Kier molecular flexibility index (Phi) is 43.2. The minimum absolute atomic E-state index is 0.540. The quantitative estimate of drug-likeness (QED) is 0.0494. The monoisotopic (exact) mass is 700 g/mol. The first-order valence-corrected chi connectivity index (χ1v) is 18.8. The molecule has 0 saturated carbocycles. The van der Waals surface area contributed by atoms with Crippen LogP contribution < -0.4 is 0 Å². The van der Waals surface area contributed by atoms with E-state index in [9.17, 15) is 0 Å². The summed E-state index contributed by atoms with van der Waals surface area (Å²) in [7, 11) is 0. The molecule has 10 heteroatoms. The zero-order valence-electron chi connectivity index (χ0n) is 28.4. The maximum absolute atomic E-state index is 5.67. The molecule has 0 aliphatic carbocycles. The third-order valence-electron chi connectivity index (χ3n) is 6.84. The van der Waals surface area contributed by atoms with Gasteiger partial charge in [0.1, 0.15) is 0 Å². The lowest BCUT2D eigenvalue weighted by atomic mass is 10.0. The molecular formula is C34H69BrO9. The van der Waals surface area contributed by atoms with Gasteiger partial charge in [-0.2, -0.15) is 0 Å². The predicted molar refractivity (Wildman–Crippen MR) is 181 cm³/mol. The molecule has 0 radical (unpaired) electrons. The zero-order valence-corrected chi connectivity index (χ0v) is 30.0. The topological polar surface area (TPSA) is 83.1 Å². The molecule has 0 unspecified atom stereocenters. The normalized spacial score (nSPS) is 11.6. The lowest BCUT2D eigenvalue weighted by Crippen LogP contribution is -2.15. The molecule has 0 aromatic rings. The van der Waals surface area contributed by atoms with E-state index < -0.39 is 0 Å². The predicted octanol–water partition coefficient (Wildman–Crippen LogP) is 7.01. The van der Waals surface area contributed by atoms with Crippen molar-refractivity contribution in [3.63, 3.8) is 0 Å². The van der Waals surface area contributed by atoms with Crippen LogP contribution in [-0.4, -0.2) is 124 Å². The summed E-state index contributed by atoms with van der Waals surface area (Å²) >= 11 is 3.31. The third kappa shape index (κ3) is 42.1. The molecule has 0 heterocycles. The molecule has 0 amide bonds. The van der Waals surface area contributed by atoms with Gasteiger partial charge < -0.3 is 42.6 Å². The summed E-state index contributed by atoms with van der Waals surface area (Å²) in [6.07, 6.45) is 19.3. The highest BCUT2D eigenvalue weighted by Crippen LogP contribution is 2.13. The SMILES string of the molecule is CCCCCCCCCCCCCCCCOCCOCCOCCOCCOCCOCCOCCOCCOCCBr. The van der Waals surface area contributed by atoms with Crippen LogP contribution in [-0.2, 0) is 42.6 Å². The molecule has 0 bridgehead atoms. The number of alkyl halides is 1. The lowest BCUT2D eigenvalue weighted by Gasteiger charge is -2.09. The number of halogens is 1. The Hall–Kier alpha value is 0.120. The molecule has 0 aromatic carbocycles. The molecule has 0 N–H and O–H groups in total. The van der Waals surface area contributed by atoms with Gasteiger partial charge in [-0.1, -0.05) is 106 Å². The summed E-state index contributed by atoms with van der Waals surface area (Å²) in [6, 6.07) is 0. The lowest BCUT2D eigenvalue weighted by molar-refractivity contribution is -0.0248. The van der Waals surface area contributed by atoms with Crippen LogP contribution in [0, 0.1) is 0 Å². The summed E-state index contributed by atoms with van der Waals surface area (Å²) in [5.41, 5.74) is 0. The zero-order chi connectivity index (χ0) is 31.7. The maximum Gasteiger partial charge on any atom is 0.0701 e. The van der Waals surface area contributed by atoms with Crippen LogP contribution in [0.2, 0.25) is 0 Å². The van der Waals surface area contributed by atoms with Crippen molar-refractivity contribution in [1.29, 1.82) is 0 Å². The molecule has 266 valence electrons. The molecule has 0 aliphatic heterocycles. The second-order valence-corrected chi connectivity index (χ2v) is 11.6. The number of ether oxygens (including phenoxy) is 9. The van der Waals surface area contributed by atoms with E-state index in [0.29, 0.717) is 112 Å². The van der Waals surface area contributed by atoms with E-state index in [-0.39, 0.29) is 0 Å². The Balaban J connectivity index is 3.03. The van der Waals surface area contributed by atoms with Gasteiger partial charge in [0, 0.05) is 11.9 Å². The second kappa shape index (κ2) is 43.1. The largest absolute Gasteiger partial charge is 0.379 e. The smallest absolute Gasteiger partial charge is 0.0701 e. The summed E-state index contributed by atoms with van der Waals surface area (Å²) in [4.78, 5) is 0. The molecule has 0 atom stereocenters. The highest BCUT2D eigenvalue weighted by atomic mass is 79.9. The van der Waals surface area contributed by atoms with Crippen molar-refractivity contribution in [2.45, 2.75) is 96.8 Å². The van der Waals surface area contributed by atoms with Gasteiger partial charge in [-0.15, -0.1) is 0 Å². The van der Waals surface area contributed by atoms with Gasteiger partial charge in [0.2, 0.25) is 0 Å². The summed E-state index contributed by atoms with van der Waals surface area (Å²) in [6.45, 7) is 12.9. The summed E-state index contributed by atoms with van der Waals surface area (Å²) in [5, 5.41) is 0.845. The first kappa shape index (κ1) is 44.1. The van der Waals surface area contributed by atoms with E-state index in [4.69, 9.17) is 42.6 Å². The third-order valence-corrected chi connectivity index (χ3v) is 7.16. The van der Waals surface area contributed by atoms with Crippen molar-refractivity contribution in [3.05, 3.63) is 0 Å². The standard InChI is InChI=1S/C34H69BrO9/c1-2-3-4-5-6-7-8-9-10-11-12-13-14-15-17-36-19-21-38-23-25-40-27-29-42-31-33-44-34-32-43-30-28-41-26-24-39-22-20-37-18-16-35/h2-34H2,1H3. The van der Waals surface area contributed by atoms with Gasteiger partial charge >= 0.3 is 0 Å². The van der Waals surface area contributed by atoms with Crippen LogP contribution in [0.3, 0.4) is 0 Å². The Labute approximate surface area is 279 Å². The van der Waals surface area contributed by atoms with Crippen molar-refractivity contribution < 1.29 is 42.6 Å². The Bertz CT molecular complexity index is 450. The van der Waals surface area contributed by atoms with Crippen LogP contribution in [0.1, 0.15) is 96.8 Å². The van der Waals surface area contributed by atoms with Gasteiger partial charge in [0.05, 0.1) is 112 Å². The maximum atomic E-state index is 5.67. The van der Waals surface area contributed by atoms with Crippen LogP contribution in [0.4, 0.5) is 0 Å². The Morgan fingerprint density at radius 3 is 0.705 bits per heavy atom. The van der Waals surface area contributed by atoms with Gasteiger partial charge in [-0.25, -0.2) is 0 Å².